The molecule has 0 spiro atoms. The number of carbonyl (C=O) groups excluding carboxylic acids is 1. The van der Waals surface area contributed by atoms with Crippen molar-refractivity contribution in [2.45, 2.75) is 38.0 Å². The first-order valence-corrected chi connectivity index (χ1v) is 10.3. The second-order valence-electron chi connectivity index (χ2n) is 7.76. The van der Waals surface area contributed by atoms with E-state index in [0.29, 0.717) is 26.2 Å². The molecule has 2 atom stereocenters. The first-order chi connectivity index (χ1) is 14.2. The summed E-state index contributed by atoms with van der Waals surface area (Å²) in [5.74, 6) is 0.398. The molecule has 1 fully saturated rings. The predicted molar refractivity (Wildman–Crippen MR) is 108 cm³/mol. The van der Waals surface area contributed by atoms with Gasteiger partial charge in [-0.15, -0.1) is 0 Å². The van der Waals surface area contributed by atoms with E-state index in [0.717, 1.165) is 36.1 Å². The lowest BCUT2D eigenvalue weighted by Crippen LogP contribution is -2.45. The number of amides is 1. The standard InChI is InChI=1S/C23H27FN2O3/c24-19-9-5-6-17(12-19)13-26-14-20-22(15-26)28-11-4-3-8-18-7-1-2-10-21(18)29-16-23(27)25-20/h1-2,5-7,9-10,12,20,22H,3-4,8,11,13-16H2,(H,25,27)/t20-,22+/m0/s1. The molecule has 0 unspecified atom stereocenters. The van der Waals surface area contributed by atoms with Gasteiger partial charge in [0, 0.05) is 26.2 Å². The second-order valence-corrected chi connectivity index (χ2v) is 7.76. The maximum atomic E-state index is 13.5. The van der Waals surface area contributed by atoms with E-state index >= 15 is 0 Å². The Morgan fingerprint density at radius 2 is 2.00 bits per heavy atom. The van der Waals surface area contributed by atoms with Crippen LogP contribution in [0.1, 0.15) is 24.0 Å². The lowest BCUT2D eigenvalue weighted by Gasteiger charge is -2.20. The van der Waals surface area contributed by atoms with E-state index in [9.17, 15) is 9.18 Å². The zero-order valence-corrected chi connectivity index (χ0v) is 16.5. The summed E-state index contributed by atoms with van der Waals surface area (Å²) in [6.45, 7) is 2.66. The third kappa shape index (κ3) is 5.34. The van der Waals surface area contributed by atoms with Crippen LogP contribution >= 0.6 is 0 Å². The Kier molecular flexibility index (Phi) is 6.42. The van der Waals surface area contributed by atoms with Gasteiger partial charge in [0.25, 0.3) is 5.91 Å². The van der Waals surface area contributed by atoms with Crippen LogP contribution in [-0.4, -0.2) is 49.3 Å². The van der Waals surface area contributed by atoms with Gasteiger partial charge in [-0.2, -0.15) is 0 Å². The number of para-hydroxylation sites is 1. The van der Waals surface area contributed by atoms with E-state index in [4.69, 9.17) is 9.47 Å². The third-order valence-corrected chi connectivity index (χ3v) is 5.49. The molecule has 0 bridgehead atoms. The van der Waals surface area contributed by atoms with Gasteiger partial charge in [0.2, 0.25) is 0 Å². The molecule has 4 rings (SSSR count). The van der Waals surface area contributed by atoms with Gasteiger partial charge in [-0.05, 0) is 48.6 Å². The van der Waals surface area contributed by atoms with Crippen molar-refractivity contribution < 1.29 is 18.7 Å². The molecule has 29 heavy (non-hydrogen) atoms. The molecule has 0 aromatic heterocycles. The van der Waals surface area contributed by atoms with Crippen molar-refractivity contribution >= 4 is 5.91 Å². The fourth-order valence-electron chi connectivity index (χ4n) is 4.08. The minimum Gasteiger partial charge on any atom is -0.483 e. The first kappa shape index (κ1) is 19.9. The summed E-state index contributed by atoms with van der Waals surface area (Å²) in [6.07, 6.45) is 2.79. The third-order valence-electron chi connectivity index (χ3n) is 5.49. The Morgan fingerprint density at radius 1 is 1.10 bits per heavy atom. The maximum absolute atomic E-state index is 13.5. The van der Waals surface area contributed by atoms with E-state index < -0.39 is 0 Å². The van der Waals surface area contributed by atoms with Crippen molar-refractivity contribution in [3.63, 3.8) is 0 Å². The van der Waals surface area contributed by atoms with Gasteiger partial charge in [0.05, 0.1) is 12.1 Å². The summed E-state index contributed by atoms with van der Waals surface area (Å²) in [4.78, 5) is 14.7. The zero-order valence-electron chi connectivity index (χ0n) is 16.5. The van der Waals surface area contributed by atoms with Crippen molar-refractivity contribution in [2.24, 2.45) is 0 Å². The van der Waals surface area contributed by atoms with E-state index in [2.05, 4.69) is 10.2 Å². The number of hydrogen-bond acceptors (Lipinski definition) is 4. The number of aryl methyl sites for hydroxylation is 1. The number of rotatable bonds is 2. The average Bonchev–Trinajstić information content (AvgIpc) is 3.07. The lowest BCUT2D eigenvalue weighted by atomic mass is 10.1. The Morgan fingerprint density at radius 3 is 2.90 bits per heavy atom. The molecule has 1 saturated heterocycles. The highest BCUT2D eigenvalue weighted by Crippen LogP contribution is 2.22. The van der Waals surface area contributed by atoms with Crippen LogP contribution < -0.4 is 10.1 Å². The van der Waals surface area contributed by atoms with Gasteiger partial charge in [-0.25, -0.2) is 4.39 Å². The SMILES string of the molecule is O=C1COc2ccccc2CCCCO[C@@H]2CN(Cc3cccc(F)c3)C[C@@H]2N1. The van der Waals surface area contributed by atoms with Crippen LogP contribution in [0, 0.1) is 5.82 Å². The molecule has 0 saturated carbocycles. The highest BCUT2D eigenvalue weighted by molar-refractivity contribution is 5.78. The quantitative estimate of drug-likeness (QED) is 0.845. The minimum atomic E-state index is -0.230. The second kappa shape index (κ2) is 9.37. The van der Waals surface area contributed by atoms with Crippen molar-refractivity contribution in [3.8, 4) is 5.75 Å². The molecule has 5 nitrogen and oxygen atoms in total. The van der Waals surface area contributed by atoms with Crippen LogP contribution in [0.25, 0.3) is 0 Å². The minimum absolute atomic E-state index is 0.00979. The zero-order chi connectivity index (χ0) is 20.1. The molecular weight excluding hydrogens is 371 g/mol. The number of nitrogens with one attached hydrogen (secondary N) is 1. The van der Waals surface area contributed by atoms with Crippen molar-refractivity contribution in [1.82, 2.24) is 10.2 Å². The van der Waals surface area contributed by atoms with Crippen LogP contribution in [0.2, 0.25) is 0 Å². The number of carbonyl (C=O) groups is 1. The monoisotopic (exact) mass is 398 g/mol. The fraction of sp³-hybridized carbons (Fsp3) is 0.435. The Hall–Kier alpha value is -2.44. The van der Waals surface area contributed by atoms with Gasteiger partial charge >= 0.3 is 0 Å². The van der Waals surface area contributed by atoms with Crippen LogP contribution in [0.4, 0.5) is 4.39 Å². The van der Waals surface area contributed by atoms with E-state index in [1.807, 2.05) is 30.3 Å². The highest BCUT2D eigenvalue weighted by atomic mass is 19.1. The molecule has 2 heterocycles. The lowest BCUT2D eigenvalue weighted by molar-refractivity contribution is -0.124. The molecule has 1 amide bonds. The van der Waals surface area contributed by atoms with Crippen molar-refractivity contribution in [2.75, 3.05) is 26.3 Å². The Labute approximate surface area is 170 Å². The number of ether oxygens (including phenoxy) is 2. The number of benzene rings is 2. The summed E-state index contributed by atoms with van der Waals surface area (Å²) in [5, 5.41) is 3.07. The molecule has 154 valence electrons. The van der Waals surface area contributed by atoms with E-state index in [1.165, 1.54) is 6.07 Å². The summed E-state index contributed by atoms with van der Waals surface area (Å²) in [6, 6.07) is 14.4. The number of hydrogen-bond donors (Lipinski definition) is 1. The molecule has 2 aromatic carbocycles. The van der Waals surface area contributed by atoms with E-state index in [-0.39, 0.29) is 30.5 Å². The number of likely N-dealkylation sites (tertiary alicyclic amines) is 1. The topological polar surface area (TPSA) is 50.8 Å². The predicted octanol–water partition coefficient (Wildman–Crippen LogP) is 2.93. The van der Waals surface area contributed by atoms with Crippen molar-refractivity contribution in [1.29, 1.82) is 0 Å². The van der Waals surface area contributed by atoms with Gasteiger partial charge < -0.3 is 14.8 Å². The van der Waals surface area contributed by atoms with Gasteiger partial charge in [-0.1, -0.05) is 30.3 Å². The normalized spacial score (nSPS) is 23.6. The Bertz CT molecular complexity index is 844. The summed E-state index contributed by atoms with van der Waals surface area (Å²) in [5.41, 5.74) is 2.05. The van der Waals surface area contributed by atoms with Gasteiger partial charge in [0.1, 0.15) is 11.6 Å². The van der Waals surface area contributed by atoms with Crippen LogP contribution in [0.5, 0.6) is 5.75 Å². The molecule has 1 N–H and O–H groups in total. The Balaban J connectivity index is 1.42. The molecule has 6 heteroatoms. The summed E-state index contributed by atoms with van der Waals surface area (Å²) in [7, 11) is 0. The van der Waals surface area contributed by atoms with Crippen LogP contribution in [0.3, 0.4) is 0 Å². The largest absolute Gasteiger partial charge is 0.483 e. The molecule has 2 aromatic rings. The van der Waals surface area contributed by atoms with Crippen molar-refractivity contribution in [3.05, 3.63) is 65.5 Å². The summed E-state index contributed by atoms with van der Waals surface area (Å²) >= 11 is 0. The average molecular weight is 398 g/mol. The van der Waals surface area contributed by atoms with Gasteiger partial charge in [0.15, 0.2) is 6.61 Å². The molecule has 2 aliphatic heterocycles. The summed E-state index contributed by atoms with van der Waals surface area (Å²) < 4.78 is 25.4. The van der Waals surface area contributed by atoms with Crippen LogP contribution in [-0.2, 0) is 22.5 Å². The smallest absolute Gasteiger partial charge is 0.258 e. The van der Waals surface area contributed by atoms with E-state index in [1.54, 1.807) is 12.1 Å². The fourth-order valence-corrected chi connectivity index (χ4v) is 4.08. The molecule has 0 aliphatic carbocycles. The highest BCUT2D eigenvalue weighted by Gasteiger charge is 2.34. The first-order valence-electron chi connectivity index (χ1n) is 10.3. The van der Waals surface area contributed by atoms with Gasteiger partial charge in [-0.3, -0.25) is 9.69 Å². The van der Waals surface area contributed by atoms with Crippen LogP contribution in [0.15, 0.2) is 48.5 Å². The number of nitrogens with zero attached hydrogens (tertiary/aromatic N) is 1. The number of fused-ring (bicyclic) bond motifs is 2. The molecule has 2 aliphatic rings. The molecular formula is C23H27FN2O3. The molecule has 0 radical (unpaired) electrons. The maximum Gasteiger partial charge on any atom is 0.258 e. The number of halogens is 1.